The number of hydrogen-bond donors (Lipinski definition) is 1. The van der Waals surface area contributed by atoms with E-state index >= 15 is 0 Å². The highest BCUT2D eigenvalue weighted by atomic mass is 35.5. The molecule has 0 radical (unpaired) electrons. The van der Waals surface area contributed by atoms with E-state index in [1.165, 1.54) is 11.1 Å². The number of thioether (sulfide) groups is 1. The molecule has 3 fully saturated rings. The summed E-state index contributed by atoms with van der Waals surface area (Å²) in [4.78, 5) is 33.4. The molecule has 3 saturated heterocycles. The van der Waals surface area contributed by atoms with E-state index in [-0.39, 0.29) is 17.2 Å². The summed E-state index contributed by atoms with van der Waals surface area (Å²) in [6, 6.07) is 19.3. The summed E-state index contributed by atoms with van der Waals surface area (Å²) >= 11 is 7.15. The van der Waals surface area contributed by atoms with Crippen molar-refractivity contribution in [3.8, 4) is 0 Å². The summed E-state index contributed by atoms with van der Waals surface area (Å²) in [6.07, 6.45) is 1.84. The quantitative estimate of drug-likeness (QED) is 0.555. The number of hydrogen-bond acceptors (Lipinski definition) is 7. The van der Waals surface area contributed by atoms with Crippen LogP contribution >= 0.6 is 23.4 Å². The molecule has 36 heavy (non-hydrogen) atoms. The minimum atomic E-state index is -0.284. The number of carbonyl (C=O) groups excluding carboxylic acids is 2. The lowest BCUT2D eigenvalue weighted by Gasteiger charge is -2.41. The SMILES string of the molecule is O=C1NC(=O)/C(=C/N2CCN(CCN3CCN(C(c4ccccc4)c4ccc(Cl)cc4)CC3)CC2)S1. The van der Waals surface area contributed by atoms with E-state index in [0.717, 1.165) is 82.2 Å². The van der Waals surface area contributed by atoms with E-state index in [9.17, 15) is 9.59 Å². The van der Waals surface area contributed by atoms with Gasteiger partial charge in [-0.15, -0.1) is 0 Å². The molecule has 0 spiro atoms. The minimum absolute atomic E-state index is 0.239. The Morgan fingerprint density at radius 1 is 0.806 bits per heavy atom. The predicted molar refractivity (Wildman–Crippen MR) is 145 cm³/mol. The normalized spacial score (nSPS) is 22.2. The first-order chi connectivity index (χ1) is 17.5. The van der Waals surface area contributed by atoms with Crippen molar-refractivity contribution in [3.05, 3.63) is 81.9 Å². The Bertz CT molecular complexity index is 1080. The Hall–Kier alpha value is -2.36. The van der Waals surface area contributed by atoms with Crippen LogP contribution in [0.2, 0.25) is 5.02 Å². The molecule has 2 amide bonds. The number of amides is 2. The first-order valence-corrected chi connectivity index (χ1v) is 13.7. The number of nitrogens with one attached hydrogen (secondary N) is 1. The molecule has 3 aliphatic heterocycles. The van der Waals surface area contributed by atoms with E-state index < -0.39 is 0 Å². The fourth-order valence-corrected chi connectivity index (χ4v) is 5.93. The Kier molecular flexibility index (Phi) is 8.29. The van der Waals surface area contributed by atoms with Gasteiger partial charge in [-0.1, -0.05) is 54.1 Å². The van der Waals surface area contributed by atoms with Crippen molar-refractivity contribution in [2.45, 2.75) is 6.04 Å². The monoisotopic (exact) mass is 525 g/mol. The van der Waals surface area contributed by atoms with Gasteiger partial charge in [0.05, 0.1) is 10.9 Å². The van der Waals surface area contributed by atoms with Gasteiger partial charge in [0, 0.05) is 76.7 Å². The van der Waals surface area contributed by atoms with Crippen molar-refractivity contribution in [3.63, 3.8) is 0 Å². The lowest BCUT2D eigenvalue weighted by Crippen LogP contribution is -2.51. The third kappa shape index (κ3) is 6.30. The summed E-state index contributed by atoms with van der Waals surface area (Å²) in [5.74, 6) is -0.280. The highest BCUT2D eigenvalue weighted by Gasteiger charge is 2.28. The van der Waals surface area contributed by atoms with Gasteiger partial charge < -0.3 is 4.90 Å². The molecular formula is C27H32ClN5O2S. The third-order valence-electron chi connectivity index (χ3n) is 7.15. The zero-order valence-electron chi connectivity index (χ0n) is 20.3. The second-order valence-corrected chi connectivity index (χ2v) is 10.9. The van der Waals surface area contributed by atoms with Gasteiger partial charge in [0.25, 0.3) is 11.1 Å². The first kappa shape index (κ1) is 25.3. The van der Waals surface area contributed by atoms with Gasteiger partial charge in [0.1, 0.15) is 0 Å². The predicted octanol–water partition coefficient (Wildman–Crippen LogP) is 3.49. The summed E-state index contributed by atoms with van der Waals surface area (Å²) in [5, 5.41) is 2.80. The number of imide groups is 1. The van der Waals surface area contributed by atoms with Crippen molar-refractivity contribution in [2.75, 3.05) is 65.4 Å². The van der Waals surface area contributed by atoms with E-state index in [1.54, 1.807) is 0 Å². The number of benzene rings is 2. The fraction of sp³-hybridized carbons (Fsp3) is 0.407. The molecule has 1 N–H and O–H groups in total. The molecule has 7 nitrogen and oxygen atoms in total. The third-order valence-corrected chi connectivity index (χ3v) is 8.20. The highest BCUT2D eigenvalue weighted by molar-refractivity contribution is 8.18. The zero-order chi connectivity index (χ0) is 24.9. The van der Waals surface area contributed by atoms with Crippen LogP contribution in [0.1, 0.15) is 17.2 Å². The van der Waals surface area contributed by atoms with Gasteiger partial charge in [-0.05, 0) is 35.0 Å². The molecule has 2 aromatic carbocycles. The lowest BCUT2D eigenvalue weighted by atomic mass is 9.96. The molecule has 0 aliphatic carbocycles. The molecule has 2 aromatic rings. The maximum atomic E-state index is 11.8. The number of nitrogens with zero attached hydrogens (tertiary/aromatic N) is 4. The lowest BCUT2D eigenvalue weighted by molar-refractivity contribution is -0.115. The van der Waals surface area contributed by atoms with Gasteiger partial charge in [-0.25, -0.2) is 0 Å². The number of piperazine rings is 2. The molecule has 5 rings (SSSR count). The molecule has 3 heterocycles. The maximum absolute atomic E-state index is 11.8. The Labute approximate surface area is 222 Å². The van der Waals surface area contributed by atoms with Crippen LogP contribution < -0.4 is 5.32 Å². The van der Waals surface area contributed by atoms with E-state index in [4.69, 9.17) is 11.6 Å². The Morgan fingerprint density at radius 3 is 1.97 bits per heavy atom. The van der Waals surface area contributed by atoms with Crippen LogP contribution in [0, 0.1) is 0 Å². The molecule has 190 valence electrons. The van der Waals surface area contributed by atoms with Gasteiger partial charge in [0.2, 0.25) is 0 Å². The Morgan fingerprint density at radius 2 is 1.39 bits per heavy atom. The van der Waals surface area contributed by atoms with Crippen molar-refractivity contribution >= 4 is 34.5 Å². The van der Waals surface area contributed by atoms with Gasteiger partial charge in [-0.3, -0.25) is 29.6 Å². The fourth-order valence-electron chi connectivity index (χ4n) is 5.12. The van der Waals surface area contributed by atoms with Gasteiger partial charge in [-0.2, -0.15) is 0 Å². The minimum Gasteiger partial charge on any atom is -0.374 e. The average molecular weight is 526 g/mol. The Balaban J connectivity index is 1.10. The topological polar surface area (TPSA) is 59.1 Å². The van der Waals surface area contributed by atoms with E-state index in [0.29, 0.717) is 4.91 Å². The molecule has 9 heteroatoms. The number of rotatable bonds is 7. The van der Waals surface area contributed by atoms with Crippen LogP contribution in [0.15, 0.2) is 65.7 Å². The van der Waals surface area contributed by atoms with Crippen molar-refractivity contribution in [2.24, 2.45) is 0 Å². The van der Waals surface area contributed by atoms with Crippen molar-refractivity contribution < 1.29 is 9.59 Å². The van der Waals surface area contributed by atoms with Crippen LogP contribution in [0.3, 0.4) is 0 Å². The molecule has 0 bridgehead atoms. The van der Waals surface area contributed by atoms with Crippen LogP contribution in [-0.2, 0) is 4.79 Å². The average Bonchev–Trinajstić information content (AvgIpc) is 3.22. The van der Waals surface area contributed by atoms with Crippen molar-refractivity contribution in [1.82, 2.24) is 24.9 Å². The maximum Gasteiger partial charge on any atom is 0.290 e. The van der Waals surface area contributed by atoms with Gasteiger partial charge in [0.15, 0.2) is 0 Å². The summed E-state index contributed by atoms with van der Waals surface area (Å²) in [5.41, 5.74) is 2.60. The van der Waals surface area contributed by atoms with Crippen LogP contribution in [0.4, 0.5) is 4.79 Å². The molecule has 1 unspecified atom stereocenters. The number of carbonyl (C=O) groups is 2. The second kappa shape index (κ2) is 11.8. The smallest absolute Gasteiger partial charge is 0.290 e. The molecular weight excluding hydrogens is 494 g/mol. The molecule has 3 aliphatic rings. The van der Waals surface area contributed by atoms with Crippen LogP contribution in [0.5, 0.6) is 0 Å². The largest absolute Gasteiger partial charge is 0.374 e. The van der Waals surface area contributed by atoms with Crippen molar-refractivity contribution in [1.29, 1.82) is 0 Å². The van der Waals surface area contributed by atoms with Crippen LogP contribution in [-0.4, -0.2) is 96.2 Å². The number of halogens is 1. The molecule has 1 atom stereocenters. The summed E-state index contributed by atoms with van der Waals surface area (Å²) in [6.45, 7) is 9.98. The van der Waals surface area contributed by atoms with E-state index in [2.05, 4.69) is 67.4 Å². The van der Waals surface area contributed by atoms with E-state index in [1.807, 2.05) is 18.3 Å². The molecule has 0 aromatic heterocycles. The summed E-state index contributed by atoms with van der Waals surface area (Å²) in [7, 11) is 0. The van der Waals surface area contributed by atoms with Crippen LogP contribution in [0.25, 0.3) is 0 Å². The second-order valence-electron chi connectivity index (χ2n) is 9.46. The summed E-state index contributed by atoms with van der Waals surface area (Å²) < 4.78 is 0. The highest BCUT2D eigenvalue weighted by Crippen LogP contribution is 2.30. The van der Waals surface area contributed by atoms with Gasteiger partial charge >= 0.3 is 0 Å². The standard InChI is InChI=1S/C27H32ClN5O2S/c28-23-8-6-22(7-9-23)25(21-4-2-1-3-5-21)33-18-16-31(17-19-33)11-10-30-12-14-32(15-13-30)20-24-26(34)29-27(35)36-24/h1-9,20,25H,10-19H2,(H,29,34,35)/b24-20-. The first-order valence-electron chi connectivity index (χ1n) is 12.5. The molecule has 0 saturated carbocycles. The zero-order valence-corrected chi connectivity index (χ0v) is 21.9.